The highest BCUT2D eigenvalue weighted by Gasteiger charge is 2.30. The molecule has 2 N–H and O–H groups in total. The van der Waals surface area contributed by atoms with E-state index in [1.807, 2.05) is 33.3 Å². The van der Waals surface area contributed by atoms with Crippen molar-refractivity contribution >= 4 is 19.7 Å². The molecule has 10 heteroatoms. The second kappa shape index (κ2) is 57.0. The van der Waals surface area contributed by atoms with Gasteiger partial charge in [0, 0.05) is 12.8 Å². The minimum Gasteiger partial charge on any atom is -0.456 e. The summed E-state index contributed by atoms with van der Waals surface area (Å²) in [6.07, 6.45) is 72.1. The maximum absolute atomic E-state index is 13.6. The molecule has 0 fully saturated rings. The summed E-state index contributed by atoms with van der Waals surface area (Å²) < 4.78 is 30.7. The monoisotopic (exact) mass is 1100 g/mol. The topological polar surface area (TPSA) is 111 Å². The Bertz CT molecular complexity index is 1500. The quantitative estimate of drug-likeness (QED) is 0.0205. The number of quaternary nitrogens is 1. The normalized spacial score (nSPS) is 14.0. The summed E-state index contributed by atoms with van der Waals surface area (Å²) >= 11 is 0. The molecule has 0 aromatic rings. The highest BCUT2D eigenvalue weighted by Crippen LogP contribution is 2.43. The van der Waals surface area contributed by atoms with Gasteiger partial charge in [0.25, 0.3) is 0 Å². The molecule has 0 aliphatic heterocycles. The predicted octanol–water partition coefficient (Wildman–Crippen LogP) is 20.2. The van der Waals surface area contributed by atoms with E-state index >= 15 is 0 Å². The lowest BCUT2D eigenvalue weighted by atomic mass is 10.0. The summed E-state index contributed by atoms with van der Waals surface area (Å²) in [5.74, 6) is -0.503. The van der Waals surface area contributed by atoms with E-state index in [0.29, 0.717) is 23.9 Å². The van der Waals surface area contributed by atoms with Crippen LogP contribution in [0.2, 0.25) is 0 Å². The van der Waals surface area contributed by atoms with Gasteiger partial charge in [-0.25, -0.2) is 4.57 Å². The van der Waals surface area contributed by atoms with Crippen molar-refractivity contribution in [2.75, 3.05) is 40.9 Å². The number of rotatable bonds is 59. The van der Waals surface area contributed by atoms with E-state index in [4.69, 9.17) is 13.8 Å². The van der Waals surface area contributed by atoms with Crippen LogP contribution in [-0.4, -0.2) is 74.3 Å². The smallest absolute Gasteiger partial charge is 0.456 e. The van der Waals surface area contributed by atoms with E-state index < -0.39 is 20.0 Å². The molecule has 0 bridgehead atoms. The first-order valence-corrected chi connectivity index (χ1v) is 34.1. The molecule has 0 saturated carbocycles. The van der Waals surface area contributed by atoms with E-state index in [1.54, 1.807) is 0 Å². The molecule has 0 aliphatic rings. The number of carbonyl (C=O) groups excluding carboxylic acids is 2. The fourth-order valence-corrected chi connectivity index (χ4v) is 10.1. The number of allylic oxidation sites excluding steroid dienone is 9. The number of nitrogens with one attached hydrogen (secondary N) is 1. The van der Waals surface area contributed by atoms with Gasteiger partial charge in [0.05, 0.1) is 33.8 Å². The molecule has 0 aromatic carbocycles. The second-order valence-electron chi connectivity index (χ2n) is 23.3. The van der Waals surface area contributed by atoms with Crippen molar-refractivity contribution in [1.82, 2.24) is 5.32 Å². The van der Waals surface area contributed by atoms with Crippen LogP contribution in [0.3, 0.4) is 0 Å². The molecule has 0 aromatic heterocycles. The number of amides is 1. The summed E-state index contributed by atoms with van der Waals surface area (Å²) in [4.78, 5) is 37.7. The average molecular weight is 1100 g/mol. The van der Waals surface area contributed by atoms with Crippen LogP contribution >= 0.6 is 7.82 Å². The zero-order valence-electron chi connectivity index (χ0n) is 51.5. The molecule has 0 rings (SSSR count). The number of nitrogens with zero attached hydrogens (tertiary/aromatic N) is 1. The Morgan fingerprint density at radius 2 is 0.792 bits per heavy atom. The van der Waals surface area contributed by atoms with Gasteiger partial charge in [0.2, 0.25) is 5.91 Å². The van der Waals surface area contributed by atoms with E-state index in [0.717, 1.165) is 89.9 Å². The molecular weight excluding hydrogens is 976 g/mol. The molecule has 450 valence electrons. The minimum absolute atomic E-state index is 0.0391. The Balaban J connectivity index is 5.12. The fraction of sp³-hybridized carbons (Fsp3) is 0.821. The predicted molar refractivity (Wildman–Crippen MR) is 332 cm³/mol. The third-order valence-electron chi connectivity index (χ3n) is 14.5. The number of unbranched alkanes of at least 4 members (excludes halogenated alkanes) is 35. The van der Waals surface area contributed by atoms with Gasteiger partial charge in [0.15, 0.2) is 0 Å². The van der Waals surface area contributed by atoms with Crippen LogP contribution in [0.5, 0.6) is 0 Å². The van der Waals surface area contributed by atoms with Crippen molar-refractivity contribution in [3.05, 3.63) is 60.8 Å². The van der Waals surface area contributed by atoms with Gasteiger partial charge < -0.3 is 19.4 Å². The van der Waals surface area contributed by atoms with Gasteiger partial charge in [0.1, 0.15) is 19.3 Å². The van der Waals surface area contributed by atoms with Crippen molar-refractivity contribution in [2.45, 2.75) is 315 Å². The first-order valence-electron chi connectivity index (χ1n) is 32.6. The van der Waals surface area contributed by atoms with Crippen LogP contribution in [0.25, 0.3) is 0 Å². The first kappa shape index (κ1) is 74.7. The first-order chi connectivity index (χ1) is 37.4. The molecule has 9 nitrogen and oxygen atoms in total. The summed E-state index contributed by atoms with van der Waals surface area (Å²) in [6, 6.07) is -0.850. The zero-order chi connectivity index (χ0) is 56.4. The summed E-state index contributed by atoms with van der Waals surface area (Å²) in [5.41, 5.74) is 0. The van der Waals surface area contributed by atoms with Crippen LogP contribution in [-0.2, 0) is 27.9 Å². The van der Waals surface area contributed by atoms with Crippen LogP contribution in [0.15, 0.2) is 60.8 Å². The third-order valence-corrected chi connectivity index (χ3v) is 15.4. The van der Waals surface area contributed by atoms with Crippen molar-refractivity contribution < 1.29 is 37.3 Å². The molecule has 0 heterocycles. The molecule has 77 heavy (non-hydrogen) atoms. The number of likely N-dealkylation sites (N-methyl/N-ethyl adjacent to an activating group) is 1. The fourth-order valence-electron chi connectivity index (χ4n) is 9.40. The lowest BCUT2D eigenvalue weighted by Crippen LogP contribution is -2.47. The molecule has 0 saturated heterocycles. The largest absolute Gasteiger partial charge is 0.472 e. The van der Waals surface area contributed by atoms with Gasteiger partial charge >= 0.3 is 13.8 Å². The van der Waals surface area contributed by atoms with Crippen molar-refractivity contribution in [3.63, 3.8) is 0 Å². The lowest BCUT2D eigenvalue weighted by molar-refractivity contribution is -0.870. The van der Waals surface area contributed by atoms with Crippen LogP contribution in [0.1, 0.15) is 303 Å². The summed E-state index contributed by atoms with van der Waals surface area (Å²) in [7, 11) is 1.50. The molecule has 0 aliphatic carbocycles. The Hall–Kier alpha value is -2.29. The van der Waals surface area contributed by atoms with E-state index in [9.17, 15) is 19.0 Å². The number of hydrogen-bond donors (Lipinski definition) is 2. The van der Waals surface area contributed by atoms with Gasteiger partial charge in [-0.1, -0.05) is 275 Å². The third kappa shape index (κ3) is 58.2. The second-order valence-corrected chi connectivity index (χ2v) is 24.7. The van der Waals surface area contributed by atoms with Gasteiger partial charge in [-0.3, -0.25) is 18.6 Å². The Kier molecular flexibility index (Phi) is 55.3. The molecular formula is C67H126N2O7P+. The number of esters is 1. The number of phosphoric ester groups is 1. The van der Waals surface area contributed by atoms with Crippen LogP contribution in [0, 0.1) is 0 Å². The van der Waals surface area contributed by atoms with E-state index in [1.165, 1.54) is 180 Å². The van der Waals surface area contributed by atoms with E-state index in [-0.39, 0.29) is 25.1 Å². The average Bonchev–Trinajstić information content (AvgIpc) is 3.39. The lowest BCUT2D eigenvalue weighted by Gasteiger charge is -2.27. The van der Waals surface area contributed by atoms with Crippen molar-refractivity contribution in [2.24, 2.45) is 0 Å². The van der Waals surface area contributed by atoms with Gasteiger partial charge in [-0.05, 0) is 76.7 Å². The number of hydrogen-bond acceptors (Lipinski definition) is 6. The highest BCUT2D eigenvalue weighted by molar-refractivity contribution is 7.47. The highest BCUT2D eigenvalue weighted by atomic mass is 31.2. The minimum atomic E-state index is -4.45. The maximum Gasteiger partial charge on any atom is 0.472 e. The molecule has 1 amide bonds. The summed E-state index contributed by atoms with van der Waals surface area (Å²) in [5, 5.41) is 3.06. The van der Waals surface area contributed by atoms with Gasteiger partial charge in [-0.15, -0.1) is 0 Å². The van der Waals surface area contributed by atoms with Crippen molar-refractivity contribution in [3.8, 4) is 0 Å². The van der Waals surface area contributed by atoms with Gasteiger partial charge in [-0.2, -0.15) is 0 Å². The molecule has 3 atom stereocenters. The van der Waals surface area contributed by atoms with E-state index in [2.05, 4.69) is 74.7 Å². The molecule has 3 unspecified atom stereocenters. The Morgan fingerprint density at radius 3 is 1.21 bits per heavy atom. The Morgan fingerprint density at radius 1 is 0.455 bits per heavy atom. The van der Waals surface area contributed by atoms with Crippen LogP contribution < -0.4 is 5.32 Å². The summed E-state index contributed by atoms with van der Waals surface area (Å²) in [6.45, 7) is 7.00. The maximum atomic E-state index is 13.6. The standard InChI is InChI=1S/C67H125N2O7P/c1-7-10-13-16-19-22-25-28-30-31-32-33-34-35-36-37-38-39-40-41-44-47-50-53-56-59-66(70)68-64(63-75-77(72,73)74-62-61-69(4,5)6)65(58-55-52-49-46-43-27-24-21-18-15-12-9-3)76-67(71)60-57-54-51-48-45-42-29-26-23-20-17-14-11-8-2/h19,22,28,30,32-33,35-36,55,58,64-65H,7-18,20-21,23-27,29,31,34,37-54,56-57,59-63H2,1-6H3,(H-,68,70,72,73)/p+1/b22-19-,30-28-,33-32-,36-35-,58-55-. The molecule has 0 radical (unpaired) electrons. The number of carbonyl (C=O) groups is 2. The van der Waals surface area contributed by atoms with Crippen molar-refractivity contribution in [1.29, 1.82) is 0 Å². The Labute approximate surface area is 477 Å². The molecule has 0 spiro atoms. The zero-order valence-corrected chi connectivity index (χ0v) is 52.3. The van der Waals surface area contributed by atoms with Crippen LogP contribution in [0.4, 0.5) is 0 Å². The number of phosphoric acid groups is 1. The SMILES string of the molecule is CCCCC/C=C\C/C=C\C/C=C\C/C=C\CCCCCCCCCCCC(=O)NC(COP(=O)(O)OCC[N+](C)(C)C)C(/C=C\CCCCCCCCCCCC)OC(=O)CCCCCCCCCCCCCCCC. The number of ether oxygens (including phenoxy) is 1.